The number of hydrogen-bond acceptors (Lipinski definition) is 9. The van der Waals surface area contributed by atoms with E-state index in [0.717, 1.165) is 5.39 Å². The van der Waals surface area contributed by atoms with Gasteiger partial charge in [-0.15, -0.1) is 0 Å². The zero-order valence-electron chi connectivity index (χ0n) is 13.3. The zero-order chi connectivity index (χ0) is 17.9. The molecule has 1 aliphatic heterocycles. The quantitative estimate of drug-likeness (QED) is 0.312. The molecular weight excluding hydrogens is 345 g/mol. The Morgan fingerprint density at radius 2 is 1.68 bits per heavy atom. The number of aliphatic carboxylic acids is 1. The fourth-order valence-electron chi connectivity index (χ4n) is 2.14. The number of benzene rings is 1. The first kappa shape index (κ1) is 21.7. The summed E-state index contributed by atoms with van der Waals surface area (Å²) in [6.07, 6.45) is -7.34. The van der Waals surface area contributed by atoms with E-state index in [4.69, 9.17) is 20.4 Å². The summed E-state index contributed by atoms with van der Waals surface area (Å²) in [5, 5.41) is 56.3. The fraction of sp³-hybridized carbons (Fsp3) is 0.333. The van der Waals surface area contributed by atoms with Crippen molar-refractivity contribution in [1.29, 1.82) is 0 Å². The van der Waals surface area contributed by atoms with E-state index in [0.29, 0.717) is 5.52 Å². The maximum absolute atomic E-state index is 10.3. The molecule has 9 nitrogen and oxygen atoms in total. The number of nitrogens with zero attached hydrogens (tertiary/aromatic N) is 1. The molecule has 25 heavy (non-hydrogen) atoms. The Morgan fingerprint density at radius 1 is 1.04 bits per heavy atom. The summed E-state index contributed by atoms with van der Waals surface area (Å²) >= 11 is 0. The Kier molecular flexibility index (Phi) is 8.19. The second-order valence-electron chi connectivity index (χ2n) is 5.09. The van der Waals surface area contributed by atoms with Gasteiger partial charge >= 0.3 is 29.6 Å². The van der Waals surface area contributed by atoms with Crippen molar-refractivity contribution >= 4 is 16.9 Å². The number of phenolic OH excluding ortho intramolecular Hbond substituents is 1. The van der Waals surface area contributed by atoms with Gasteiger partial charge in [0.1, 0.15) is 35.7 Å². The predicted molar refractivity (Wildman–Crippen MR) is 77.3 cm³/mol. The largest absolute Gasteiger partial charge is 1.00 e. The van der Waals surface area contributed by atoms with Crippen molar-refractivity contribution in [1.82, 2.24) is 4.98 Å². The second-order valence-corrected chi connectivity index (χ2v) is 5.09. The summed E-state index contributed by atoms with van der Waals surface area (Å²) < 4.78 is 4.28. The first-order valence-electron chi connectivity index (χ1n) is 6.94. The maximum Gasteiger partial charge on any atom is 1.00 e. The Labute approximate surface area is 164 Å². The van der Waals surface area contributed by atoms with Crippen molar-refractivity contribution < 1.29 is 69.7 Å². The summed E-state index contributed by atoms with van der Waals surface area (Å²) in [5.41, 5.74) is 0.662. The third-order valence-corrected chi connectivity index (χ3v) is 3.43. The topological polar surface area (TPSA) is 163 Å². The number of aliphatic hydroxyl groups is 4. The van der Waals surface area contributed by atoms with Crippen molar-refractivity contribution in [3.63, 3.8) is 0 Å². The van der Waals surface area contributed by atoms with E-state index in [9.17, 15) is 15.0 Å². The molecule has 1 fully saturated rings. The third kappa shape index (κ3) is 5.09. The molecule has 0 amide bonds. The van der Waals surface area contributed by atoms with Gasteiger partial charge in [0.2, 0.25) is 0 Å². The van der Waals surface area contributed by atoms with Crippen LogP contribution in [0.5, 0.6) is 5.75 Å². The van der Waals surface area contributed by atoms with Gasteiger partial charge in [0.25, 0.3) is 0 Å². The Balaban J connectivity index is 0.000000243. The Bertz CT molecular complexity index is 709. The van der Waals surface area contributed by atoms with Gasteiger partial charge in [-0.05, 0) is 12.1 Å². The van der Waals surface area contributed by atoms with E-state index in [2.05, 4.69) is 9.72 Å². The molecule has 0 saturated carbocycles. The van der Waals surface area contributed by atoms with Gasteiger partial charge in [0.05, 0.1) is 5.97 Å². The number of ether oxygens (including phenoxy) is 1. The minimum atomic E-state index is -1.85. The van der Waals surface area contributed by atoms with Gasteiger partial charge < -0.3 is 40.2 Å². The van der Waals surface area contributed by atoms with Crippen LogP contribution in [0.1, 0.15) is 0 Å². The van der Waals surface area contributed by atoms with E-state index < -0.39 is 36.7 Å². The molecule has 1 aromatic heterocycles. The van der Waals surface area contributed by atoms with Crippen molar-refractivity contribution in [3.05, 3.63) is 36.5 Å². The SMILES string of the molecule is O=C([O-])[C@H]1O[C@@H](O)[C@H](O)[C@@H](O)[C@@H]1O.Oc1cccc2cccnc12.[Na+]. The molecule has 0 radical (unpaired) electrons. The molecule has 1 aliphatic rings. The number of rotatable bonds is 1. The van der Waals surface area contributed by atoms with Crippen LogP contribution in [0.25, 0.3) is 10.9 Å². The first-order valence-corrected chi connectivity index (χ1v) is 6.94. The van der Waals surface area contributed by atoms with E-state index in [-0.39, 0.29) is 35.3 Å². The van der Waals surface area contributed by atoms with Crippen LogP contribution >= 0.6 is 0 Å². The minimum Gasteiger partial charge on any atom is -0.547 e. The molecule has 2 heterocycles. The molecule has 130 valence electrons. The summed E-state index contributed by atoms with van der Waals surface area (Å²) in [7, 11) is 0. The minimum absolute atomic E-state index is 0. The van der Waals surface area contributed by atoms with E-state index in [1.54, 1.807) is 18.3 Å². The van der Waals surface area contributed by atoms with Crippen molar-refractivity contribution in [2.24, 2.45) is 0 Å². The molecule has 0 spiro atoms. The van der Waals surface area contributed by atoms with E-state index in [1.807, 2.05) is 18.2 Å². The van der Waals surface area contributed by atoms with Gasteiger partial charge in [0, 0.05) is 11.6 Å². The molecule has 0 unspecified atom stereocenters. The van der Waals surface area contributed by atoms with Gasteiger partial charge in [-0.2, -0.15) is 0 Å². The Hall–Kier alpha value is -1.30. The molecule has 5 N–H and O–H groups in total. The van der Waals surface area contributed by atoms with Crippen LogP contribution in [0, 0.1) is 0 Å². The number of carboxylic acid groups (broad SMARTS) is 1. The van der Waals surface area contributed by atoms with E-state index >= 15 is 0 Å². The first-order chi connectivity index (χ1) is 11.3. The van der Waals surface area contributed by atoms with Crippen LogP contribution in [0.15, 0.2) is 36.5 Å². The molecule has 0 aliphatic carbocycles. The van der Waals surface area contributed by atoms with Crippen LogP contribution in [0.3, 0.4) is 0 Å². The van der Waals surface area contributed by atoms with Gasteiger partial charge in [-0.3, -0.25) is 4.98 Å². The summed E-state index contributed by atoms with van der Waals surface area (Å²) in [6.45, 7) is 0. The average molecular weight is 361 g/mol. The summed E-state index contributed by atoms with van der Waals surface area (Å²) in [4.78, 5) is 14.3. The van der Waals surface area contributed by atoms with Crippen molar-refractivity contribution in [3.8, 4) is 5.75 Å². The number of phenols is 1. The number of para-hydroxylation sites is 1. The monoisotopic (exact) mass is 361 g/mol. The van der Waals surface area contributed by atoms with Crippen LogP contribution < -0.4 is 34.7 Å². The summed E-state index contributed by atoms with van der Waals surface area (Å²) in [6, 6.07) is 9.13. The van der Waals surface area contributed by atoms with Gasteiger partial charge in [-0.25, -0.2) is 0 Å². The van der Waals surface area contributed by atoms with Gasteiger partial charge in [-0.1, -0.05) is 18.2 Å². The zero-order valence-corrected chi connectivity index (χ0v) is 15.3. The summed E-state index contributed by atoms with van der Waals surface area (Å²) in [5.74, 6) is -1.53. The smallest absolute Gasteiger partial charge is 0.547 e. The number of aliphatic hydroxyl groups excluding tert-OH is 4. The molecule has 3 rings (SSSR count). The molecule has 1 saturated heterocycles. The molecule has 10 heteroatoms. The third-order valence-electron chi connectivity index (χ3n) is 3.43. The second kappa shape index (κ2) is 9.41. The number of carbonyl (C=O) groups is 1. The standard InChI is InChI=1S/C9H7NO.C6H10O7.Na/c11-8-5-1-3-7-4-2-6-10-9(7)8;7-1-2(8)4(5(10)11)13-6(12)3(1)9;/h1-6,11H;1-4,6-9,12H,(H,10,11);/q;;+1/p-1/t;1-,2-,3+,4-,6+;/m.0./s1. The van der Waals surface area contributed by atoms with Crippen molar-refractivity contribution in [2.45, 2.75) is 30.7 Å². The predicted octanol–water partition coefficient (Wildman–Crippen LogP) is -5.52. The molecule has 5 atom stereocenters. The number of aromatic nitrogens is 1. The van der Waals surface area contributed by atoms with Crippen molar-refractivity contribution in [2.75, 3.05) is 0 Å². The number of pyridine rings is 1. The maximum atomic E-state index is 10.3. The fourth-order valence-corrected chi connectivity index (χ4v) is 2.14. The molecule has 0 bridgehead atoms. The number of aromatic hydroxyl groups is 1. The average Bonchev–Trinajstić information content (AvgIpc) is 2.57. The van der Waals surface area contributed by atoms with E-state index in [1.165, 1.54) is 0 Å². The molecule has 1 aromatic carbocycles. The Morgan fingerprint density at radius 3 is 2.28 bits per heavy atom. The number of hydrogen-bond donors (Lipinski definition) is 5. The molecular formula is C15H16NNaO8. The van der Waals surface area contributed by atoms with Crippen LogP contribution in [0.2, 0.25) is 0 Å². The van der Waals surface area contributed by atoms with Crippen LogP contribution in [0.4, 0.5) is 0 Å². The number of fused-ring (bicyclic) bond motifs is 1. The number of carbonyl (C=O) groups excluding carboxylic acids is 1. The van der Waals surface area contributed by atoms with Crippen LogP contribution in [-0.4, -0.2) is 67.2 Å². The van der Waals surface area contributed by atoms with Gasteiger partial charge in [0.15, 0.2) is 6.29 Å². The number of carboxylic acids is 1. The normalized spacial score (nSPS) is 28.4. The van der Waals surface area contributed by atoms with Crippen LogP contribution in [-0.2, 0) is 9.53 Å². The molecule has 2 aromatic rings.